The van der Waals surface area contributed by atoms with E-state index >= 15 is 0 Å². The first kappa shape index (κ1) is 17.6. The van der Waals surface area contributed by atoms with Crippen LogP contribution in [0.3, 0.4) is 0 Å². The number of likely N-dealkylation sites (N-methyl/N-ethyl adjacent to an activating group) is 1. The second kappa shape index (κ2) is 7.45. The summed E-state index contributed by atoms with van der Waals surface area (Å²) < 4.78 is 7.88. The van der Waals surface area contributed by atoms with E-state index in [0.29, 0.717) is 6.61 Å². The molecule has 0 spiro atoms. The molecule has 1 amide bonds. The number of para-hydroxylation sites is 2. The van der Waals surface area contributed by atoms with Crippen molar-refractivity contribution in [1.82, 2.24) is 14.8 Å². The average molecular weight is 363 g/mol. The van der Waals surface area contributed by atoms with Crippen LogP contribution in [-0.2, 0) is 6.54 Å². The summed E-state index contributed by atoms with van der Waals surface area (Å²) in [6.45, 7) is 2.39. The van der Waals surface area contributed by atoms with Gasteiger partial charge < -0.3 is 19.5 Å². The second-order valence-electron chi connectivity index (χ2n) is 7.26. The summed E-state index contributed by atoms with van der Waals surface area (Å²) >= 11 is 0. The fourth-order valence-electron chi connectivity index (χ4n) is 3.65. The summed E-state index contributed by atoms with van der Waals surface area (Å²) in [5, 5.41) is 4.21. The van der Waals surface area contributed by atoms with Gasteiger partial charge in [0.25, 0.3) is 5.91 Å². The molecule has 3 aromatic rings. The maximum atomic E-state index is 13.1. The molecule has 0 saturated heterocycles. The van der Waals surface area contributed by atoms with Crippen LogP contribution in [0.1, 0.15) is 28.4 Å². The van der Waals surface area contributed by atoms with E-state index in [1.54, 1.807) is 0 Å². The van der Waals surface area contributed by atoms with Crippen LogP contribution >= 0.6 is 0 Å². The van der Waals surface area contributed by atoms with Gasteiger partial charge in [0.1, 0.15) is 5.75 Å². The standard InChI is InChI=1S/C22H25N3O2/c1-24(2)12-13-25-15-18(16-7-3-5-9-20(16)25)22(26)23-19-11-14-27-21-10-6-4-8-17(19)21/h3-10,15,19H,11-14H2,1-2H3,(H,23,26). The van der Waals surface area contributed by atoms with Crippen molar-refractivity contribution in [3.8, 4) is 5.75 Å². The molecule has 0 fully saturated rings. The summed E-state index contributed by atoms with van der Waals surface area (Å²) in [4.78, 5) is 15.3. The number of benzene rings is 2. The molecule has 2 aromatic carbocycles. The lowest BCUT2D eigenvalue weighted by Gasteiger charge is -2.26. The van der Waals surface area contributed by atoms with Gasteiger partial charge >= 0.3 is 0 Å². The predicted octanol–water partition coefficient (Wildman–Crippen LogP) is 3.46. The van der Waals surface area contributed by atoms with E-state index in [-0.39, 0.29) is 11.9 Å². The molecule has 1 N–H and O–H groups in total. The van der Waals surface area contributed by atoms with Gasteiger partial charge in [-0.3, -0.25) is 4.79 Å². The van der Waals surface area contributed by atoms with Crippen LogP contribution in [0.4, 0.5) is 0 Å². The number of nitrogens with one attached hydrogen (secondary N) is 1. The first-order valence-corrected chi connectivity index (χ1v) is 9.38. The third-order valence-corrected chi connectivity index (χ3v) is 5.09. The van der Waals surface area contributed by atoms with Crippen LogP contribution in [0.2, 0.25) is 0 Å². The normalized spacial score (nSPS) is 16.2. The molecule has 1 unspecified atom stereocenters. The molecule has 1 aliphatic heterocycles. The Labute approximate surface area is 159 Å². The Bertz CT molecular complexity index is 961. The maximum Gasteiger partial charge on any atom is 0.253 e. The molecule has 0 radical (unpaired) electrons. The highest BCUT2D eigenvalue weighted by molar-refractivity contribution is 6.07. The molecule has 4 rings (SSSR count). The quantitative estimate of drug-likeness (QED) is 0.755. The van der Waals surface area contributed by atoms with E-state index in [0.717, 1.165) is 47.3 Å². The SMILES string of the molecule is CN(C)CCn1cc(C(=O)NC2CCOc3ccccc32)c2ccccc21. The first-order chi connectivity index (χ1) is 13.1. The van der Waals surface area contributed by atoms with Gasteiger partial charge in [0.05, 0.1) is 18.2 Å². The Balaban J connectivity index is 1.62. The van der Waals surface area contributed by atoms with Crippen molar-refractivity contribution < 1.29 is 9.53 Å². The minimum Gasteiger partial charge on any atom is -0.493 e. The summed E-state index contributed by atoms with van der Waals surface area (Å²) in [7, 11) is 4.11. The minimum atomic E-state index is -0.0310. The lowest BCUT2D eigenvalue weighted by Crippen LogP contribution is -2.32. The first-order valence-electron chi connectivity index (χ1n) is 9.38. The second-order valence-corrected chi connectivity index (χ2v) is 7.26. The molecule has 1 aliphatic rings. The highest BCUT2D eigenvalue weighted by atomic mass is 16.5. The predicted molar refractivity (Wildman–Crippen MR) is 107 cm³/mol. The van der Waals surface area contributed by atoms with Crippen LogP contribution in [-0.4, -0.2) is 42.6 Å². The number of ether oxygens (including phenoxy) is 1. The van der Waals surface area contributed by atoms with Crippen molar-refractivity contribution in [2.45, 2.75) is 19.0 Å². The van der Waals surface area contributed by atoms with Crippen LogP contribution in [0.25, 0.3) is 10.9 Å². The molecule has 0 bridgehead atoms. The number of carbonyl (C=O) groups excluding carboxylic acids is 1. The van der Waals surface area contributed by atoms with Gasteiger partial charge in [-0.15, -0.1) is 0 Å². The van der Waals surface area contributed by atoms with Gasteiger partial charge in [-0.25, -0.2) is 0 Å². The van der Waals surface area contributed by atoms with Gasteiger partial charge in [0.15, 0.2) is 0 Å². The molecule has 0 aliphatic carbocycles. The molecule has 27 heavy (non-hydrogen) atoms. The maximum absolute atomic E-state index is 13.1. The summed E-state index contributed by atoms with van der Waals surface area (Å²) in [5.74, 6) is 0.832. The third kappa shape index (κ3) is 3.55. The van der Waals surface area contributed by atoms with Crippen molar-refractivity contribution >= 4 is 16.8 Å². The Morgan fingerprint density at radius 3 is 2.81 bits per heavy atom. The van der Waals surface area contributed by atoms with Crippen molar-refractivity contribution in [2.24, 2.45) is 0 Å². The van der Waals surface area contributed by atoms with Crippen LogP contribution < -0.4 is 10.1 Å². The molecule has 1 aromatic heterocycles. The van der Waals surface area contributed by atoms with E-state index in [1.807, 2.05) is 48.7 Å². The highest BCUT2D eigenvalue weighted by Gasteiger charge is 2.24. The number of rotatable bonds is 5. The van der Waals surface area contributed by atoms with Crippen molar-refractivity contribution in [2.75, 3.05) is 27.2 Å². The highest BCUT2D eigenvalue weighted by Crippen LogP contribution is 2.32. The molecule has 1 atom stereocenters. The zero-order valence-corrected chi connectivity index (χ0v) is 15.8. The number of fused-ring (bicyclic) bond motifs is 2. The van der Waals surface area contributed by atoms with Crippen molar-refractivity contribution in [3.63, 3.8) is 0 Å². The summed E-state index contributed by atoms with van der Waals surface area (Å²) in [6.07, 6.45) is 2.76. The van der Waals surface area contributed by atoms with E-state index in [1.165, 1.54) is 0 Å². The zero-order valence-electron chi connectivity index (χ0n) is 15.8. The van der Waals surface area contributed by atoms with Crippen LogP contribution in [0, 0.1) is 0 Å². The lowest BCUT2D eigenvalue weighted by molar-refractivity contribution is 0.0926. The van der Waals surface area contributed by atoms with E-state index in [2.05, 4.69) is 34.9 Å². The zero-order chi connectivity index (χ0) is 18.8. The lowest BCUT2D eigenvalue weighted by atomic mass is 10.00. The Kier molecular flexibility index (Phi) is 4.86. The molecule has 140 valence electrons. The van der Waals surface area contributed by atoms with Crippen molar-refractivity contribution in [1.29, 1.82) is 0 Å². The van der Waals surface area contributed by atoms with Crippen LogP contribution in [0.5, 0.6) is 5.75 Å². The topological polar surface area (TPSA) is 46.5 Å². The molecule has 0 saturated carbocycles. The van der Waals surface area contributed by atoms with E-state index in [4.69, 9.17) is 4.74 Å². The van der Waals surface area contributed by atoms with Gasteiger partial charge in [-0.2, -0.15) is 0 Å². The number of hydrogen-bond donors (Lipinski definition) is 1. The van der Waals surface area contributed by atoms with Crippen molar-refractivity contribution in [3.05, 3.63) is 65.9 Å². The number of hydrogen-bond acceptors (Lipinski definition) is 3. The molecule has 5 heteroatoms. The Hall–Kier alpha value is -2.79. The monoisotopic (exact) mass is 363 g/mol. The van der Waals surface area contributed by atoms with E-state index in [9.17, 15) is 4.79 Å². The van der Waals surface area contributed by atoms with Crippen LogP contribution in [0.15, 0.2) is 54.7 Å². The van der Waals surface area contributed by atoms with Gasteiger partial charge in [-0.1, -0.05) is 36.4 Å². The molecular weight excluding hydrogens is 338 g/mol. The third-order valence-electron chi connectivity index (χ3n) is 5.09. The van der Waals surface area contributed by atoms with Gasteiger partial charge in [0.2, 0.25) is 0 Å². The number of carbonyl (C=O) groups is 1. The van der Waals surface area contributed by atoms with Gasteiger partial charge in [-0.05, 0) is 26.2 Å². The fourth-order valence-corrected chi connectivity index (χ4v) is 3.65. The minimum absolute atomic E-state index is 0.0219. The number of amides is 1. The smallest absolute Gasteiger partial charge is 0.253 e. The van der Waals surface area contributed by atoms with E-state index < -0.39 is 0 Å². The summed E-state index contributed by atoms with van der Waals surface area (Å²) in [6, 6.07) is 16.0. The molecular formula is C22H25N3O2. The number of nitrogens with zero attached hydrogens (tertiary/aromatic N) is 2. The fraction of sp³-hybridized carbons (Fsp3) is 0.318. The average Bonchev–Trinajstić information content (AvgIpc) is 3.06. The Morgan fingerprint density at radius 1 is 1.19 bits per heavy atom. The summed E-state index contributed by atoms with van der Waals surface area (Å²) in [5.41, 5.74) is 2.87. The molecule has 2 heterocycles. The molecule has 5 nitrogen and oxygen atoms in total. The number of aromatic nitrogens is 1. The Morgan fingerprint density at radius 2 is 1.96 bits per heavy atom. The largest absolute Gasteiger partial charge is 0.493 e. The van der Waals surface area contributed by atoms with Gasteiger partial charge in [0, 0.05) is 42.2 Å².